The highest BCUT2D eigenvalue weighted by atomic mass is 16.3. The predicted octanol–water partition coefficient (Wildman–Crippen LogP) is 4.04. The summed E-state index contributed by atoms with van der Waals surface area (Å²) in [5, 5.41) is 20.3. The zero-order chi connectivity index (χ0) is 18.5. The molecule has 4 nitrogen and oxygen atoms in total. The molecule has 26 heavy (non-hydrogen) atoms. The molecular formula is C22H26N2O2. The van der Waals surface area contributed by atoms with Crippen molar-refractivity contribution in [3.05, 3.63) is 83.7 Å². The third kappa shape index (κ3) is 3.71. The molecule has 1 aromatic heterocycles. The third-order valence-electron chi connectivity index (χ3n) is 5.07. The van der Waals surface area contributed by atoms with Crippen LogP contribution in [0.5, 0.6) is 5.75 Å². The molecule has 0 amide bonds. The van der Waals surface area contributed by atoms with Crippen LogP contribution in [0.3, 0.4) is 0 Å². The van der Waals surface area contributed by atoms with Gasteiger partial charge in [-0.05, 0) is 25.3 Å². The molecule has 0 saturated carbocycles. The van der Waals surface area contributed by atoms with E-state index in [0.29, 0.717) is 23.8 Å². The first kappa shape index (κ1) is 18.4. The van der Waals surface area contributed by atoms with Crippen LogP contribution in [-0.4, -0.2) is 26.1 Å². The van der Waals surface area contributed by atoms with E-state index in [-0.39, 0.29) is 18.4 Å². The topological polar surface area (TPSA) is 56.6 Å². The lowest BCUT2D eigenvalue weighted by molar-refractivity contribution is 0.138. The Labute approximate surface area is 155 Å². The number of aryl methyl sites for hydroxylation is 1. The van der Waals surface area contributed by atoms with Crippen molar-refractivity contribution in [2.75, 3.05) is 0 Å². The largest absolute Gasteiger partial charge is 0.506 e. The molecule has 0 bridgehead atoms. The summed E-state index contributed by atoms with van der Waals surface area (Å²) in [4.78, 5) is 6.56. The Morgan fingerprint density at radius 2 is 2.08 bits per heavy atom. The third-order valence-corrected chi connectivity index (χ3v) is 5.07. The molecule has 2 atom stereocenters. The highest BCUT2D eigenvalue weighted by Crippen LogP contribution is 2.35. The minimum absolute atomic E-state index is 0.120. The number of pyridine rings is 1. The molecule has 1 aliphatic rings. The molecule has 0 unspecified atom stereocenters. The summed E-state index contributed by atoms with van der Waals surface area (Å²) in [6.07, 6.45) is 9.86. The minimum atomic E-state index is -0.137. The van der Waals surface area contributed by atoms with Crippen LogP contribution < -0.4 is 0 Å². The van der Waals surface area contributed by atoms with Gasteiger partial charge in [-0.25, -0.2) is 0 Å². The van der Waals surface area contributed by atoms with E-state index in [1.54, 1.807) is 13.1 Å². The number of nitrogens with zero attached hydrogens (tertiary/aromatic N) is 2. The first-order valence-corrected chi connectivity index (χ1v) is 9.01. The van der Waals surface area contributed by atoms with Crippen LogP contribution in [0.4, 0.5) is 0 Å². The Morgan fingerprint density at radius 1 is 1.31 bits per heavy atom. The zero-order valence-corrected chi connectivity index (χ0v) is 15.2. The highest BCUT2D eigenvalue weighted by Gasteiger charge is 2.29. The lowest BCUT2D eigenvalue weighted by Gasteiger charge is -2.39. The van der Waals surface area contributed by atoms with Crippen molar-refractivity contribution in [2.45, 2.75) is 45.0 Å². The van der Waals surface area contributed by atoms with E-state index in [1.807, 2.05) is 24.3 Å². The van der Waals surface area contributed by atoms with Crippen LogP contribution in [0.1, 0.15) is 41.3 Å². The number of aliphatic hydroxyl groups excluding tert-OH is 1. The van der Waals surface area contributed by atoms with Crippen LogP contribution in [0.2, 0.25) is 0 Å². The van der Waals surface area contributed by atoms with Crippen molar-refractivity contribution in [3.8, 4) is 5.75 Å². The Bertz CT molecular complexity index is 786. The second-order valence-corrected chi connectivity index (χ2v) is 6.72. The molecule has 0 aliphatic carbocycles. The average molecular weight is 350 g/mol. The minimum Gasteiger partial charge on any atom is -0.506 e. The molecular weight excluding hydrogens is 324 g/mol. The number of aliphatic hydroxyl groups is 1. The smallest absolute Gasteiger partial charge is 0.141 e. The van der Waals surface area contributed by atoms with E-state index in [1.165, 1.54) is 5.56 Å². The van der Waals surface area contributed by atoms with Crippen LogP contribution in [0.15, 0.2) is 61.3 Å². The number of aromatic hydroxyl groups is 1. The van der Waals surface area contributed by atoms with Gasteiger partial charge in [0.1, 0.15) is 5.75 Å². The second-order valence-electron chi connectivity index (χ2n) is 6.72. The van der Waals surface area contributed by atoms with Crippen LogP contribution in [0.25, 0.3) is 0 Å². The number of aromatic nitrogens is 1. The highest BCUT2D eigenvalue weighted by molar-refractivity contribution is 5.41. The van der Waals surface area contributed by atoms with Gasteiger partial charge < -0.3 is 10.2 Å². The Balaban J connectivity index is 2.01. The van der Waals surface area contributed by atoms with Crippen molar-refractivity contribution in [1.82, 2.24) is 9.88 Å². The van der Waals surface area contributed by atoms with Gasteiger partial charge in [-0.15, -0.1) is 6.58 Å². The van der Waals surface area contributed by atoms with Gasteiger partial charge in [-0.3, -0.25) is 9.88 Å². The number of benzene rings is 1. The van der Waals surface area contributed by atoms with Crippen LogP contribution in [-0.2, 0) is 13.2 Å². The fourth-order valence-electron chi connectivity index (χ4n) is 3.62. The quantitative estimate of drug-likeness (QED) is 0.772. The van der Waals surface area contributed by atoms with Gasteiger partial charge in [0.25, 0.3) is 0 Å². The summed E-state index contributed by atoms with van der Waals surface area (Å²) >= 11 is 0. The normalized spacial score (nSPS) is 20.2. The monoisotopic (exact) mass is 350 g/mol. The molecule has 4 heteroatoms. The number of rotatable bonds is 6. The van der Waals surface area contributed by atoms with Crippen molar-refractivity contribution in [1.29, 1.82) is 0 Å². The molecule has 1 aromatic carbocycles. The molecule has 136 valence electrons. The summed E-state index contributed by atoms with van der Waals surface area (Å²) in [7, 11) is 0. The van der Waals surface area contributed by atoms with Gasteiger partial charge in [0.2, 0.25) is 0 Å². The van der Waals surface area contributed by atoms with Gasteiger partial charge in [0.15, 0.2) is 0 Å². The van der Waals surface area contributed by atoms with Crippen LogP contribution in [0, 0.1) is 6.92 Å². The molecule has 2 heterocycles. The molecule has 2 N–H and O–H groups in total. The fourth-order valence-corrected chi connectivity index (χ4v) is 3.62. The second kappa shape index (κ2) is 8.30. The maximum atomic E-state index is 10.6. The first-order chi connectivity index (χ1) is 12.7. The Hall–Kier alpha value is -2.43. The van der Waals surface area contributed by atoms with Crippen LogP contribution >= 0.6 is 0 Å². The SMILES string of the molecule is C=CC[C@@H]1CC=C[C@@H](c2ccccc2)N1Cc1c(CO)cnc(C)c1O. The van der Waals surface area contributed by atoms with Crippen molar-refractivity contribution >= 4 is 0 Å². The summed E-state index contributed by atoms with van der Waals surface area (Å²) < 4.78 is 0. The number of hydrogen-bond acceptors (Lipinski definition) is 4. The molecule has 2 aromatic rings. The maximum Gasteiger partial charge on any atom is 0.141 e. The van der Waals surface area contributed by atoms with Crippen molar-refractivity contribution in [3.63, 3.8) is 0 Å². The predicted molar refractivity (Wildman–Crippen MR) is 104 cm³/mol. The van der Waals surface area contributed by atoms with Gasteiger partial charge >= 0.3 is 0 Å². The van der Waals surface area contributed by atoms with Crippen molar-refractivity contribution < 1.29 is 10.2 Å². The molecule has 0 fully saturated rings. The van der Waals surface area contributed by atoms with E-state index in [2.05, 4.69) is 40.7 Å². The van der Waals surface area contributed by atoms with E-state index < -0.39 is 0 Å². The zero-order valence-electron chi connectivity index (χ0n) is 15.2. The Kier molecular flexibility index (Phi) is 5.86. The van der Waals surface area contributed by atoms with Gasteiger partial charge in [0.05, 0.1) is 18.3 Å². The molecule has 0 saturated heterocycles. The van der Waals surface area contributed by atoms with E-state index >= 15 is 0 Å². The van der Waals surface area contributed by atoms with Gasteiger partial charge in [-0.1, -0.05) is 48.6 Å². The average Bonchev–Trinajstić information content (AvgIpc) is 2.67. The molecule has 1 aliphatic heterocycles. The maximum absolute atomic E-state index is 10.6. The van der Waals surface area contributed by atoms with E-state index in [4.69, 9.17) is 0 Å². The first-order valence-electron chi connectivity index (χ1n) is 9.01. The number of hydrogen-bond donors (Lipinski definition) is 2. The van der Waals surface area contributed by atoms with Gasteiger partial charge in [0, 0.05) is 29.9 Å². The summed E-state index contributed by atoms with van der Waals surface area (Å²) in [5.41, 5.74) is 3.23. The van der Waals surface area contributed by atoms with E-state index in [9.17, 15) is 10.2 Å². The lowest BCUT2D eigenvalue weighted by Crippen LogP contribution is -2.39. The molecule has 0 radical (unpaired) electrons. The molecule has 0 spiro atoms. The fraction of sp³-hybridized carbons (Fsp3) is 0.318. The van der Waals surface area contributed by atoms with Gasteiger partial charge in [-0.2, -0.15) is 0 Å². The van der Waals surface area contributed by atoms with E-state index in [0.717, 1.165) is 18.4 Å². The summed E-state index contributed by atoms with van der Waals surface area (Å²) in [6, 6.07) is 10.8. The standard InChI is InChI=1S/C22H26N2O2/c1-3-8-19-11-7-12-21(17-9-5-4-6-10-17)24(19)14-20-18(15-25)13-23-16(2)22(20)26/h3-7,9-10,12-13,19,21,25-26H,1,8,11,14-15H2,2H3/t19-,21+/m1/s1. The lowest BCUT2D eigenvalue weighted by atomic mass is 9.93. The van der Waals surface area contributed by atoms with Crippen molar-refractivity contribution in [2.24, 2.45) is 0 Å². The Morgan fingerprint density at radius 3 is 2.77 bits per heavy atom. The molecule has 3 rings (SSSR count). The summed E-state index contributed by atoms with van der Waals surface area (Å²) in [6.45, 7) is 6.11. The summed E-state index contributed by atoms with van der Waals surface area (Å²) in [5.74, 6) is 0.176.